The number of benzene rings is 8. The van der Waals surface area contributed by atoms with Crippen molar-refractivity contribution in [1.82, 2.24) is 15.0 Å². The van der Waals surface area contributed by atoms with Gasteiger partial charge in [-0.1, -0.05) is 141 Å². The van der Waals surface area contributed by atoms with Gasteiger partial charge >= 0.3 is 0 Å². The lowest BCUT2D eigenvalue weighted by molar-refractivity contribution is 0.660. The second kappa shape index (κ2) is 12.9. The molecule has 278 valence electrons. The van der Waals surface area contributed by atoms with Crippen LogP contribution in [0.5, 0.6) is 0 Å². The van der Waals surface area contributed by atoms with E-state index in [1.807, 2.05) is 42.5 Å². The molecule has 3 heterocycles. The Balaban J connectivity index is 0.959. The summed E-state index contributed by atoms with van der Waals surface area (Å²) < 4.78 is 9.01. The van der Waals surface area contributed by atoms with E-state index in [2.05, 4.69) is 147 Å². The molecule has 5 heteroatoms. The van der Waals surface area contributed by atoms with E-state index in [-0.39, 0.29) is 5.41 Å². The smallest absolute Gasteiger partial charge is 0.164 e. The minimum absolute atomic E-state index is 0.00515. The van der Waals surface area contributed by atoms with Crippen LogP contribution in [0, 0.1) is 0 Å². The number of furan rings is 1. The van der Waals surface area contributed by atoms with Crippen LogP contribution in [0.4, 0.5) is 0 Å². The Morgan fingerprint density at radius 2 is 1.00 bits per heavy atom. The maximum atomic E-state index is 6.50. The van der Waals surface area contributed by atoms with Crippen molar-refractivity contribution < 1.29 is 4.42 Å². The molecule has 3 aromatic heterocycles. The molecule has 0 bridgehead atoms. The minimum atomic E-state index is -0.00515. The molecule has 1 aliphatic carbocycles. The highest BCUT2D eigenvalue weighted by atomic mass is 32.1. The van der Waals surface area contributed by atoms with Crippen molar-refractivity contribution in [2.45, 2.75) is 19.3 Å². The zero-order valence-corrected chi connectivity index (χ0v) is 33.2. The van der Waals surface area contributed by atoms with E-state index in [0.29, 0.717) is 17.5 Å². The van der Waals surface area contributed by atoms with E-state index in [4.69, 9.17) is 19.4 Å². The number of rotatable bonds is 5. The Kier molecular flexibility index (Phi) is 7.41. The average molecular weight is 774 g/mol. The van der Waals surface area contributed by atoms with E-state index in [1.54, 1.807) is 11.3 Å². The number of hydrogen-bond acceptors (Lipinski definition) is 5. The fourth-order valence-corrected chi connectivity index (χ4v) is 10.2. The first-order valence-corrected chi connectivity index (χ1v) is 20.8. The summed E-state index contributed by atoms with van der Waals surface area (Å²) in [4.78, 5) is 15.4. The van der Waals surface area contributed by atoms with Gasteiger partial charge in [-0.15, -0.1) is 11.3 Å². The zero-order chi connectivity index (χ0) is 39.2. The van der Waals surface area contributed by atoms with Gasteiger partial charge in [0.1, 0.15) is 11.2 Å². The van der Waals surface area contributed by atoms with Crippen molar-refractivity contribution >= 4 is 53.4 Å². The molecule has 11 aromatic rings. The first kappa shape index (κ1) is 33.9. The van der Waals surface area contributed by atoms with Crippen molar-refractivity contribution in [2.24, 2.45) is 0 Å². The molecule has 0 unspecified atom stereocenters. The van der Waals surface area contributed by atoms with Gasteiger partial charge in [0.05, 0.1) is 0 Å². The highest BCUT2D eigenvalue weighted by Gasteiger charge is 2.35. The molecule has 4 nitrogen and oxygen atoms in total. The first-order valence-electron chi connectivity index (χ1n) is 20.0. The van der Waals surface area contributed by atoms with Gasteiger partial charge in [0.15, 0.2) is 17.5 Å². The first-order chi connectivity index (χ1) is 29.0. The molecule has 0 saturated heterocycles. The highest BCUT2D eigenvalue weighted by molar-refractivity contribution is 7.25. The van der Waals surface area contributed by atoms with Crippen LogP contribution in [0.3, 0.4) is 0 Å². The normalized spacial score (nSPS) is 13.1. The van der Waals surface area contributed by atoms with E-state index in [0.717, 1.165) is 49.8 Å². The largest absolute Gasteiger partial charge is 0.456 e. The number of nitrogens with zero attached hydrogens (tertiary/aromatic N) is 3. The fraction of sp³-hybridized carbons (Fsp3) is 0.0556. The summed E-state index contributed by atoms with van der Waals surface area (Å²) >= 11 is 1.81. The molecule has 8 aromatic carbocycles. The topological polar surface area (TPSA) is 51.8 Å². The van der Waals surface area contributed by atoms with Crippen molar-refractivity contribution in [3.63, 3.8) is 0 Å². The maximum absolute atomic E-state index is 6.50. The van der Waals surface area contributed by atoms with Crippen LogP contribution >= 0.6 is 11.3 Å². The number of thiophene rings is 1. The molecule has 0 N–H and O–H groups in total. The van der Waals surface area contributed by atoms with Crippen LogP contribution < -0.4 is 0 Å². The minimum Gasteiger partial charge on any atom is -0.456 e. The van der Waals surface area contributed by atoms with E-state index in [1.165, 1.54) is 53.6 Å². The van der Waals surface area contributed by atoms with Crippen LogP contribution in [0.1, 0.15) is 25.0 Å². The van der Waals surface area contributed by atoms with Gasteiger partial charge in [0, 0.05) is 53.1 Å². The lowest BCUT2D eigenvalue weighted by Gasteiger charge is -2.21. The Hall–Kier alpha value is -7.21. The Bertz CT molecular complexity index is 3470. The third-order valence-electron chi connectivity index (χ3n) is 12.2. The molecule has 12 rings (SSSR count). The molecule has 0 atom stereocenters. The molecule has 0 fully saturated rings. The van der Waals surface area contributed by atoms with Gasteiger partial charge in [-0.25, -0.2) is 15.0 Å². The highest BCUT2D eigenvalue weighted by Crippen LogP contribution is 2.49. The molecule has 0 saturated carbocycles. The summed E-state index contributed by atoms with van der Waals surface area (Å²) in [5.74, 6) is 1.86. The van der Waals surface area contributed by atoms with Gasteiger partial charge in [-0.2, -0.15) is 0 Å². The van der Waals surface area contributed by atoms with Crippen LogP contribution in [-0.2, 0) is 5.41 Å². The van der Waals surface area contributed by atoms with Crippen molar-refractivity contribution in [2.75, 3.05) is 0 Å². The lowest BCUT2D eigenvalue weighted by Crippen LogP contribution is -2.14. The van der Waals surface area contributed by atoms with E-state index >= 15 is 0 Å². The summed E-state index contributed by atoms with van der Waals surface area (Å²) in [5.41, 5.74) is 14.5. The molecule has 0 amide bonds. The van der Waals surface area contributed by atoms with Gasteiger partial charge in [0.25, 0.3) is 0 Å². The Morgan fingerprint density at radius 3 is 1.85 bits per heavy atom. The summed E-state index contributed by atoms with van der Waals surface area (Å²) in [6.07, 6.45) is 0. The standard InChI is InChI=1S/C54H35N3OS/c1-54(2)44-16-8-6-13-38(44)41-29-35(23-26-45(41)54)32-19-21-33(22-20-32)36-24-27-46-43(30-36)50-40(15-10-17-47(50)58-46)53-56-51(34-11-4-3-5-12-34)55-52(57-53)37-25-28-49-42(31-37)39-14-7-9-18-48(39)59-49/h3-31H,1-2H3. The van der Waals surface area contributed by atoms with E-state index < -0.39 is 0 Å². The van der Waals surface area contributed by atoms with Gasteiger partial charge in [-0.05, 0) is 93.0 Å². The molecule has 0 radical (unpaired) electrons. The van der Waals surface area contributed by atoms with Crippen LogP contribution in [0.25, 0.3) is 110 Å². The van der Waals surface area contributed by atoms with Crippen LogP contribution in [-0.4, -0.2) is 15.0 Å². The molecule has 0 spiro atoms. The Labute approximate surface area is 345 Å². The molecule has 59 heavy (non-hydrogen) atoms. The summed E-state index contributed by atoms with van der Waals surface area (Å²) in [6.45, 7) is 4.65. The van der Waals surface area contributed by atoms with Gasteiger partial charge < -0.3 is 4.42 Å². The summed E-state index contributed by atoms with van der Waals surface area (Å²) in [7, 11) is 0. The lowest BCUT2D eigenvalue weighted by atomic mass is 9.82. The number of hydrogen-bond donors (Lipinski definition) is 0. The second-order valence-electron chi connectivity index (χ2n) is 16.0. The fourth-order valence-electron chi connectivity index (χ4n) is 9.15. The SMILES string of the molecule is CC1(C)c2ccccc2-c2cc(-c3ccc(-c4ccc5oc6cccc(-c7nc(-c8ccccc8)nc(-c8ccc9sc%10ccccc%10c9c8)n7)c6c5c4)cc3)ccc21. The zero-order valence-electron chi connectivity index (χ0n) is 32.4. The summed E-state index contributed by atoms with van der Waals surface area (Å²) in [6, 6.07) is 62.5. The quantitative estimate of drug-likeness (QED) is 0.175. The predicted octanol–water partition coefficient (Wildman–Crippen LogP) is 14.8. The monoisotopic (exact) mass is 773 g/mol. The molecular weight excluding hydrogens is 739 g/mol. The van der Waals surface area contributed by atoms with Gasteiger partial charge in [0.2, 0.25) is 0 Å². The third-order valence-corrected chi connectivity index (χ3v) is 13.3. The predicted molar refractivity (Wildman–Crippen MR) is 245 cm³/mol. The van der Waals surface area contributed by atoms with Crippen LogP contribution in [0.2, 0.25) is 0 Å². The molecular formula is C54H35N3OS. The summed E-state index contributed by atoms with van der Waals surface area (Å²) in [5, 5.41) is 4.45. The third kappa shape index (κ3) is 5.39. The molecule has 1 aliphatic rings. The van der Waals surface area contributed by atoms with Crippen molar-refractivity contribution in [3.05, 3.63) is 187 Å². The molecule has 0 aliphatic heterocycles. The second-order valence-corrected chi connectivity index (χ2v) is 17.1. The van der Waals surface area contributed by atoms with Crippen molar-refractivity contribution in [3.8, 4) is 67.5 Å². The van der Waals surface area contributed by atoms with Gasteiger partial charge in [-0.3, -0.25) is 0 Å². The van der Waals surface area contributed by atoms with Crippen LogP contribution in [0.15, 0.2) is 180 Å². The average Bonchev–Trinajstić information content (AvgIpc) is 3.93. The number of aromatic nitrogens is 3. The van der Waals surface area contributed by atoms with Crippen molar-refractivity contribution in [1.29, 1.82) is 0 Å². The Morgan fingerprint density at radius 1 is 0.390 bits per heavy atom. The maximum Gasteiger partial charge on any atom is 0.164 e. The van der Waals surface area contributed by atoms with E-state index in [9.17, 15) is 0 Å². The number of fused-ring (bicyclic) bond motifs is 9.